The molecule has 8 nitrogen and oxygen atoms in total. The third kappa shape index (κ3) is 6.82. The van der Waals surface area contributed by atoms with Crippen molar-refractivity contribution in [1.29, 1.82) is 0 Å². The molecule has 2 fully saturated rings. The predicted octanol–water partition coefficient (Wildman–Crippen LogP) is 2.09. The number of aliphatic imine (C=N–C) groups is 1. The summed E-state index contributed by atoms with van der Waals surface area (Å²) in [5.74, 6) is 2.15. The molecule has 176 valence electrons. The molecule has 2 atom stereocenters. The van der Waals surface area contributed by atoms with Crippen LogP contribution in [0.2, 0.25) is 0 Å². The average Bonchev–Trinajstić information content (AvgIpc) is 3.46. The Labute approximate surface area is 204 Å². The Bertz CT molecular complexity index is 682. The van der Waals surface area contributed by atoms with Gasteiger partial charge in [-0.05, 0) is 52.9 Å². The quantitative estimate of drug-likeness (QED) is 0.321. The number of guanidine groups is 1. The van der Waals surface area contributed by atoms with Crippen LogP contribution >= 0.6 is 24.0 Å². The van der Waals surface area contributed by atoms with E-state index < -0.39 is 0 Å². The van der Waals surface area contributed by atoms with Crippen LogP contribution in [0.25, 0.3) is 0 Å². The summed E-state index contributed by atoms with van der Waals surface area (Å²) in [6, 6.07) is 3.99. The molecule has 9 heteroatoms. The molecule has 0 bridgehead atoms. The van der Waals surface area contributed by atoms with E-state index in [9.17, 15) is 4.79 Å². The molecule has 0 radical (unpaired) electrons. The third-order valence-electron chi connectivity index (χ3n) is 6.18. The molecule has 1 amide bonds. The minimum absolute atomic E-state index is 0. The number of rotatable bonds is 7. The topological polar surface area (TPSA) is 67.6 Å². The van der Waals surface area contributed by atoms with Gasteiger partial charge in [0, 0.05) is 45.8 Å². The summed E-state index contributed by atoms with van der Waals surface area (Å²) in [6.07, 6.45) is 3.99. The zero-order valence-corrected chi connectivity index (χ0v) is 21.7. The molecule has 2 unspecified atom stereocenters. The van der Waals surface area contributed by atoms with Crippen LogP contribution in [0.5, 0.6) is 0 Å². The van der Waals surface area contributed by atoms with Crippen molar-refractivity contribution in [1.82, 2.24) is 24.9 Å². The molecule has 0 saturated carbocycles. The molecule has 2 aliphatic heterocycles. The Morgan fingerprint density at radius 1 is 1.16 bits per heavy atom. The van der Waals surface area contributed by atoms with Gasteiger partial charge in [0.15, 0.2) is 5.96 Å². The number of carbonyl (C=O) groups is 1. The van der Waals surface area contributed by atoms with Crippen LogP contribution in [-0.2, 0) is 4.79 Å². The van der Waals surface area contributed by atoms with Crippen molar-refractivity contribution < 1.29 is 9.21 Å². The molecule has 0 aromatic carbocycles. The first-order chi connectivity index (χ1) is 14.5. The molecule has 31 heavy (non-hydrogen) atoms. The summed E-state index contributed by atoms with van der Waals surface area (Å²) in [7, 11) is 4.10. The molecule has 3 heterocycles. The van der Waals surface area contributed by atoms with E-state index in [2.05, 4.69) is 33.9 Å². The van der Waals surface area contributed by atoms with Crippen molar-refractivity contribution in [3.05, 3.63) is 24.2 Å². The summed E-state index contributed by atoms with van der Waals surface area (Å²) in [6.45, 7) is 10.9. The molecule has 3 rings (SSSR count). The van der Waals surface area contributed by atoms with Crippen LogP contribution in [-0.4, -0.2) is 104 Å². The highest BCUT2D eigenvalue weighted by Crippen LogP contribution is 2.19. The van der Waals surface area contributed by atoms with Crippen molar-refractivity contribution in [2.24, 2.45) is 4.99 Å². The Kier molecular flexibility index (Phi) is 10.6. The number of nitrogens with one attached hydrogen (secondary N) is 1. The fourth-order valence-corrected chi connectivity index (χ4v) is 4.27. The van der Waals surface area contributed by atoms with Gasteiger partial charge in [0.25, 0.3) is 0 Å². The molecule has 0 spiro atoms. The predicted molar refractivity (Wildman–Crippen MR) is 135 cm³/mol. The van der Waals surface area contributed by atoms with Crippen molar-refractivity contribution in [2.45, 2.75) is 38.8 Å². The van der Waals surface area contributed by atoms with E-state index in [4.69, 9.17) is 9.41 Å². The first-order valence-electron chi connectivity index (χ1n) is 11.3. The third-order valence-corrected chi connectivity index (χ3v) is 6.18. The summed E-state index contributed by atoms with van der Waals surface area (Å²) >= 11 is 0. The number of amides is 1. The van der Waals surface area contributed by atoms with Gasteiger partial charge in [0.1, 0.15) is 5.76 Å². The maximum Gasteiger partial charge on any atom is 0.239 e. The number of piperazine rings is 1. The first-order valence-corrected chi connectivity index (χ1v) is 11.3. The summed E-state index contributed by atoms with van der Waals surface area (Å²) in [5.41, 5.74) is 0. The molecule has 2 aliphatic rings. The highest BCUT2D eigenvalue weighted by molar-refractivity contribution is 14.0. The Morgan fingerprint density at radius 3 is 2.39 bits per heavy atom. The van der Waals surface area contributed by atoms with Crippen LogP contribution in [0.1, 0.15) is 38.5 Å². The van der Waals surface area contributed by atoms with E-state index in [-0.39, 0.29) is 42.0 Å². The van der Waals surface area contributed by atoms with Gasteiger partial charge >= 0.3 is 0 Å². The summed E-state index contributed by atoms with van der Waals surface area (Å²) < 4.78 is 5.61. The van der Waals surface area contributed by atoms with Gasteiger partial charge in [-0.2, -0.15) is 0 Å². The lowest BCUT2D eigenvalue weighted by Crippen LogP contribution is -2.57. The number of furan rings is 1. The van der Waals surface area contributed by atoms with Crippen LogP contribution in [0.3, 0.4) is 0 Å². The number of hydrogen-bond donors (Lipinski definition) is 1. The van der Waals surface area contributed by atoms with Gasteiger partial charge in [-0.3, -0.25) is 19.6 Å². The van der Waals surface area contributed by atoms with Crippen LogP contribution in [0.15, 0.2) is 27.8 Å². The van der Waals surface area contributed by atoms with Gasteiger partial charge in [-0.25, -0.2) is 0 Å². The van der Waals surface area contributed by atoms with Gasteiger partial charge in [-0.1, -0.05) is 0 Å². The lowest BCUT2D eigenvalue weighted by molar-refractivity contribution is -0.135. The number of likely N-dealkylation sites (tertiary alicyclic amines) is 1. The minimum Gasteiger partial charge on any atom is -0.468 e. The molecular formula is C22H39IN6O2. The maximum absolute atomic E-state index is 12.7. The SMILES string of the molecule is CCNC(=NCC(c1ccco1)N(C)C)N1CCN(C(C)C(=O)N2CCCC2)CC1.I. The highest BCUT2D eigenvalue weighted by atomic mass is 127. The average molecular weight is 546 g/mol. The fourth-order valence-electron chi connectivity index (χ4n) is 4.27. The molecular weight excluding hydrogens is 507 g/mol. The van der Waals surface area contributed by atoms with Crippen molar-refractivity contribution in [2.75, 3.05) is 66.5 Å². The Morgan fingerprint density at radius 2 is 1.84 bits per heavy atom. The minimum atomic E-state index is -0.0400. The molecule has 1 aromatic rings. The van der Waals surface area contributed by atoms with E-state index in [0.29, 0.717) is 6.54 Å². The molecule has 0 aliphatic carbocycles. The van der Waals surface area contributed by atoms with E-state index in [1.165, 1.54) is 0 Å². The van der Waals surface area contributed by atoms with Gasteiger partial charge in [-0.15, -0.1) is 24.0 Å². The van der Waals surface area contributed by atoms with Gasteiger partial charge in [0.05, 0.1) is 24.9 Å². The first kappa shape index (κ1) is 25.9. The van der Waals surface area contributed by atoms with Crippen molar-refractivity contribution in [3.63, 3.8) is 0 Å². The zero-order chi connectivity index (χ0) is 21.5. The van der Waals surface area contributed by atoms with Crippen molar-refractivity contribution in [3.8, 4) is 0 Å². The number of carbonyl (C=O) groups excluding carboxylic acids is 1. The second-order valence-corrected chi connectivity index (χ2v) is 8.42. The fraction of sp³-hybridized carbons (Fsp3) is 0.727. The van der Waals surface area contributed by atoms with Crippen LogP contribution in [0, 0.1) is 0 Å². The normalized spacial score (nSPS) is 20.0. The van der Waals surface area contributed by atoms with E-state index in [1.54, 1.807) is 6.26 Å². The summed E-state index contributed by atoms with van der Waals surface area (Å²) in [5, 5.41) is 3.44. The second-order valence-electron chi connectivity index (χ2n) is 8.42. The molecule has 1 N–H and O–H groups in total. The van der Waals surface area contributed by atoms with Crippen LogP contribution < -0.4 is 5.32 Å². The summed E-state index contributed by atoms with van der Waals surface area (Å²) in [4.78, 5) is 26.4. The van der Waals surface area contributed by atoms with Crippen molar-refractivity contribution >= 4 is 35.8 Å². The molecule has 2 saturated heterocycles. The Hall–Kier alpha value is -1.33. The number of halogens is 1. The van der Waals surface area contributed by atoms with E-state index in [1.807, 2.05) is 31.1 Å². The van der Waals surface area contributed by atoms with E-state index in [0.717, 1.165) is 70.4 Å². The smallest absolute Gasteiger partial charge is 0.239 e. The van der Waals surface area contributed by atoms with E-state index >= 15 is 0 Å². The van der Waals surface area contributed by atoms with Crippen LogP contribution in [0.4, 0.5) is 0 Å². The second kappa shape index (κ2) is 12.6. The maximum atomic E-state index is 12.7. The molecule has 1 aromatic heterocycles. The van der Waals surface area contributed by atoms with Gasteiger partial charge in [0.2, 0.25) is 5.91 Å². The number of likely N-dealkylation sites (N-methyl/N-ethyl adjacent to an activating group) is 1. The zero-order valence-electron chi connectivity index (χ0n) is 19.4. The monoisotopic (exact) mass is 546 g/mol. The standard InChI is InChI=1S/C22H38N6O2.HI/c1-5-23-22(24-17-19(25(3)4)20-9-8-16-30-20)28-14-12-26(13-15-28)18(2)21(29)27-10-6-7-11-27;/h8-9,16,18-19H,5-7,10-15,17H2,1-4H3,(H,23,24);1H. The highest BCUT2D eigenvalue weighted by Gasteiger charge is 2.30. The lowest BCUT2D eigenvalue weighted by Gasteiger charge is -2.39. The Balaban J connectivity index is 0.00000341. The largest absolute Gasteiger partial charge is 0.468 e. The number of nitrogens with zero attached hydrogens (tertiary/aromatic N) is 5. The lowest BCUT2D eigenvalue weighted by atomic mass is 10.2. The van der Waals surface area contributed by atoms with Gasteiger partial charge < -0.3 is 19.5 Å². The number of hydrogen-bond acceptors (Lipinski definition) is 5.